The van der Waals surface area contributed by atoms with E-state index in [1.54, 1.807) is 6.26 Å². The zero-order valence-electron chi connectivity index (χ0n) is 11.0. The maximum Gasteiger partial charge on any atom is 0.139 e. The lowest BCUT2D eigenvalue weighted by molar-refractivity contribution is 0.443. The van der Waals surface area contributed by atoms with Gasteiger partial charge in [0.2, 0.25) is 0 Å². The lowest BCUT2D eigenvalue weighted by Crippen LogP contribution is -2.23. The van der Waals surface area contributed by atoms with E-state index in [0.717, 1.165) is 27.7 Å². The lowest BCUT2D eigenvalue weighted by atomic mass is 9.99. The highest BCUT2D eigenvalue weighted by molar-refractivity contribution is 9.10. The van der Waals surface area contributed by atoms with Crippen LogP contribution in [0.1, 0.15) is 36.3 Å². The Morgan fingerprint density at radius 3 is 2.68 bits per heavy atom. The van der Waals surface area contributed by atoms with Crippen molar-refractivity contribution in [1.29, 1.82) is 0 Å². The summed E-state index contributed by atoms with van der Waals surface area (Å²) in [5.41, 5.74) is 2.48. The molecule has 0 bridgehead atoms. The largest absolute Gasteiger partial charge is 0.466 e. The van der Waals surface area contributed by atoms with Crippen LogP contribution in [0.15, 0.2) is 43.9 Å². The molecule has 2 aromatic rings. The summed E-state index contributed by atoms with van der Waals surface area (Å²) in [6.07, 6.45) is 2.80. The summed E-state index contributed by atoms with van der Waals surface area (Å²) < 4.78 is 7.73. The third-order valence-electron chi connectivity index (χ3n) is 3.06. The molecule has 1 aromatic carbocycles. The van der Waals surface area contributed by atoms with Crippen LogP contribution in [0.2, 0.25) is 0 Å². The van der Waals surface area contributed by atoms with Gasteiger partial charge in [0.1, 0.15) is 5.76 Å². The van der Waals surface area contributed by atoms with Gasteiger partial charge in [0.25, 0.3) is 0 Å². The Bertz CT molecular complexity index is 551. The molecule has 0 radical (unpaired) electrons. The van der Waals surface area contributed by atoms with E-state index in [1.807, 2.05) is 6.07 Å². The molecular weight excluding hydrogens is 370 g/mol. The number of nitrogens with one attached hydrogen (secondary N) is 1. The van der Waals surface area contributed by atoms with Gasteiger partial charge in [0.05, 0.1) is 16.8 Å². The summed E-state index contributed by atoms with van der Waals surface area (Å²) in [5.74, 6) is 0.926. The summed E-state index contributed by atoms with van der Waals surface area (Å²) in [5, 5.41) is 3.55. The second-order valence-electron chi connectivity index (χ2n) is 4.52. The van der Waals surface area contributed by atoms with Gasteiger partial charge in [-0.1, -0.05) is 28.9 Å². The van der Waals surface area contributed by atoms with Crippen LogP contribution in [0.25, 0.3) is 0 Å². The number of furan rings is 1. The molecule has 0 amide bonds. The average Bonchev–Trinajstić information content (AvgIpc) is 2.80. The molecule has 1 atom stereocenters. The standard InChI is InChI=1S/C15H17Br2NO/c1-3-7-18-14(15-13(17)6-8-19-15)12-9-11(16)5-4-10(12)2/h4-6,8-9,14,18H,3,7H2,1-2H3. The molecule has 2 nitrogen and oxygen atoms in total. The van der Waals surface area contributed by atoms with Gasteiger partial charge in [-0.05, 0) is 65.1 Å². The van der Waals surface area contributed by atoms with Gasteiger partial charge in [-0.2, -0.15) is 0 Å². The maximum absolute atomic E-state index is 5.65. The zero-order chi connectivity index (χ0) is 13.8. The smallest absolute Gasteiger partial charge is 0.139 e. The second-order valence-corrected chi connectivity index (χ2v) is 6.29. The highest BCUT2D eigenvalue weighted by atomic mass is 79.9. The first-order valence-electron chi connectivity index (χ1n) is 6.35. The van der Waals surface area contributed by atoms with E-state index < -0.39 is 0 Å². The second kappa shape index (κ2) is 6.73. The van der Waals surface area contributed by atoms with Crippen molar-refractivity contribution in [3.8, 4) is 0 Å². The van der Waals surface area contributed by atoms with Crippen molar-refractivity contribution in [2.45, 2.75) is 26.3 Å². The average molecular weight is 387 g/mol. The van der Waals surface area contributed by atoms with Crippen LogP contribution >= 0.6 is 31.9 Å². The minimum Gasteiger partial charge on any atom is -0.466 e. The van der Waals surface area contributed by atoms with Crippen LogP contribution in [-0.2, 0) is 0 Å². The third-order valence-corrected chi connectivity index (χ3v) is 4.21. The molecule has 0 aliphatic heterocycles. The molecule has 1 heterocycles. The molecule has 4 heteroatoms. The van der Waals surface area contributed by atoms with Crippen molar-refractivity contribution in [2.24, 2.45) is 0 Å². The quantitative estimate of drug-likeness (QED) is 0.763. The monoisotopic (exact) mass is 385 g/mol. The van der Waals surface area contributed by atoms with Gasteiger partial charge < -0.3 is 9.73 Å². The van der Waals surface area contributed by atoms with E-state index in [2.05, 4.69) is 69.2 Å². The highest BCUT2D eigenvalue weighted by Crippen LogP contribution is 2.32. The lowest BCUT2D eigenvalue weighted by Gasteiger charge is -2.20. The van der Waals surface area contributed by atoms with Crippen molar-refractivity contribution < 1.29 is 4.42 Å². The van der Waals surface area contributed by atoms with Crippen LogP contribution in [0.5, 0.6) is 0 Å². The van der Waals surface area contributed by atoms with Crippen molar-refractivity contribution in [3.05, 3.63) is 56.4 Å². The highest BCUT2D eigenvalue weighted by Gasteiger charge is 2.21. The Balaban J connectivity index is 2.42. The molecule has 102 valence electrons. The number of benzene rings is 1. The van der Waals surface area contributed by atoms with E-state index in [1.165, 1.54) is 11.1 Å². The van der Waals surface area contributed by atoms with E-state index in [0.29, 0.717) is 0 Å². The predicted molar refractivity (Wildman–Crippen MR) is 85.4 cm³/mol. The molecule has 1 unspecified atom stereocenters. The molecule has 0 saturated heterocycles. The SMILES string of the molecule is CCCNC(c1cc(Br)ccc1C)c1occc1Br. The first kappa shape index (κ1) is 14.8. The van der Waals surface area contributed by atoms with Crippen LogP contribution in [0, 0.1) is 6.92 Å². The van der Waals surface area contributed by atoms with Crippen LogP contribution in [0.4, 0.5) is 0 Å². The number of aryl methyl sites for hydroxylation is 1. The summed E-state index contributed by atoms with van der Waals surface area (Å²) in [4.78, 5) is 0. The summed E-state index contributed by atoms with van der Waals surface area (Å²) in [7, 11) is 0. The Hall–Kier alpha value is -0.580. The fourth-order valence-electron chi connectivity index (χ4n) is 2.07. The molecule has 19 heavy (non-hydrogen) atoms. The molecule has 0 aliphatic carbocycles. The summed E-state index contributed by atoms with van der Waals surface area (Å²) >= 11 is 7.10. The fraction of sp³-hybridized carbons (Fsp3) is 0.333. The molecular formula is C15H17Br2NO. The van der Waals surface area contributed by atoms with Crippen molar-refractivity contribution in [1.82, 2.24) is 5.32 Å². The first-order valence-corrected chi connectivity index (χ1v) is 7.94. The third kappa shape index (κ3) is 3.50. The minimum atomic E-state index is 0.0711. The van der Waals surface area contributed by atoms with Gasteiger partial charge >= 0.3 is 0 Å². The number of rotatable bonds is 5. The summed E-state index contributed by atoms with van der Waals surface area (Å²) in [6.45, 7) is 5.23. The van der Waals surface area contributed by atoms with Crippen LogP contribution < -0.4 is 5.32 Å². The van der Waals surface area contributed by atoms with Crippen molar-refractivity contribution in [3.63, 3.8) is 0 Å². The molecule has 0 spiro atoms. The summed E-state index contributed by atoms with van der Waals surface area (Å²) in [6, 6.07) is 8.34. The van der Waals surface area contributed by atoms with Gasteiger partial charge in [0, 0.05) is 4.47 Å². The van der Waals surface area contributed by atoms with Gasteiger partial charge in [-0.25, -0.2) is 0 Å². The van der Waals surface area contributed by atoms with Crippen molar-refractivity contribution in [2.75, 3.05) is 6.54 Å². The fourth-order valence-corrected chi connectivity index (χ4v) is 2.88. The maximum atomic E-state index is 5.65. The van der Waals surface area contributed by atoms with Crippen LogP contribution in [0.3, 0.4) is 0 Å². The van der Waals surface area contributed by atoms with Gasteiger partial charge in [-0.3, -0.25) is 0 Å². The van der Waals surface area contributed by atoms with Crippen molar-refractivity contribution >= 4 is 31.9 Å². The predicted octanol–water partition coefficient (Wildman–Crippen LogP) is 5.20. The van der Waals surface area contributed by atoms with Gasteiger partial charge in [0.15, 0.2) is 0 Å². The Labute approximate surface area is 130 Å². The van der Waals surface area contributed by atoms with E-state index in [9.17, 15) is 0 Å². The molecule has 0 fully saturated rings. The molecule has 1 aromatic heterocycles. The van der Waals surface area contributed by atoms with E-state index in [-0.39, 0.29) is 6.04 Å². The zero-order valence-corrected chi connectivity index (χ0v) is 14.2. The van der Waals surface area contributed by atoms with E-state index in [4.69, 9.17) is 4.42 Å². The Morgan fingerprint density at radius 1 is 1.26 bits per heavy atom. The molecule has 0 saturated carbocycles. The molecule has 2 rings (SSSR count). The number of halogens is 2. The number of hydrogen-bond acceptors (Lipinski definition) is 2. The van der Waals surface area contributed by atoms with Gasteiger partial charge in [-0.15, -0.1) is 0 Å². The number of hydrogen-bond donors (Lipinski definition) is 1. The minimum absolute atomic E-state index is 0.0711. The van der Waals surface area contributed by atoms with Crippen LogP contribution in [-0.4, -0.2) is 6.54 Å². The Kier molecular flexibility index (Phi) is 5.25. The normalized spacial score (nSPS) is 12.6. The van der Waals surface area contributed by atoms with E-state index >= 15 is 0 Å². The topological polar surface area (TPSA) is 25.2 Å². The molecule has 0 aliphatic rings. The molecule has 1 N–H and O–H groups in total. The first-order chi connectivity index (χ1) is 9.13. The Morgan fingerprint density at radius 2 is 2.05 bits per heavy atom.